The van der Waals surface area contributed by atoms with Gasteiger partial charge in [0.05, 0.1) is 0 Å². The van der Waals surface area contributed by atoms with Gasteiger partial charge in [0.1, 0.15) is 0 Å². The van der Waals surface area contributed by atoms with Crippen molar-refractivity contribution in [2.24, 2.45) is 0 Å². The van der Waals surface area contributed by atoms with Crippen LogP contribution in [0.4, 0.5) is 0 Å². The highest BCUT2D eigenvalue weighted by molar-refractivity contribution is 5.55. The van der Waals surface area contributed by atoms with Crippen molar-refractivity contribution in [2.45, 2.75) is 26.2 Å². The lowest BCUT2D eigenvalue weighted by molar-refractivity contribution is 0.670. The van der Waals surface area contributed by atoms with Gasteiger partial charge in [-0.3, -0.25) is 4.98 Å². The van der Waals surface area contributed by atoms with Crippen molar-refractivity contribution in [1.82, 2.24) is 4.98 Å². The molecule has 0 unspecified atom stereocenters. The fraction of sp³-hybridized carbons (Fsp3) is 0.364. The van der Waals surface area contributed by atoms with Crippen LogP contribution in [0, 0.1) is 6.92 Å². The first kappa shape index (κ1) is 7.53. The fourth-order valence-corrected chi connectivity index (χ4v) is 1.39. The molecular weight excluding hydrogens is 146 g/mol. The quantitative estimate of drug-likeness (QED) is 0.614. The molecule has 0 spiro atoms. The SMILES string of the molecule is Cc1ncccc1C=C1CCC1. The maximum atomic E-state index is 4.25. The zero-order valence-electron chi connectivity index (χ0n) is 7.38. The first-order valence-electron chi connectivity index (χ1n) is 4.47. The number of allylic oxidation sites excluding steroid dienone is 1. The van der Waals surface area contributed by atoms with Crippen molar-refractivity contribution in [2.75, 3.05) is 0 Å². The Morgan fingerprint density at radius 3 is 2.83 bits per heavy atom. The third-order valence-electron chi connectivity index (χ3n) is 2.40. The van der Waals surface area contributed by atoms with Crippen LogP contribution in [0.1, 0.15) is 30.5 Å². The monoisotopic (exact) mass is 159 g/mol. The Hall–Kier alpha value is -1.11. The Kier molecular flexibility index (Phi) is 1.94. The summed E-state index contributed by atoms with van der Waals surface area (Å²) in [5, 5.41) is 0. The van der Waals surface area contributed by atoms with E-state index in [-0.39, 0.29) is 0 Å². The minimum atomic E-state index is 1.14. The second-order valence-corrected chi connectivity index (χ2v) is 3.33. The van der Waals surface area contributed by atoms with Gasteiger partial charge in [0, 0.05) is 11.9 Å². The standard InChI is InChI=1S/C11H13N/c1-9-11(6-3-7-12-9)8-10-4-2-5-10/h3,6-8H,2,4-5H2,1H3. The first-order chi connectivity index (χ1) is 5.86. The molecule has 2 rings (SSSR count). The Bertz CT molecular complexity index is 307. The van der Waals surface area contributed by atoms with Crippen molar-refractivity contribution in [3.63, 3.8) is 0 Å². The van der Waals surface area contributed by atoms with Gasteiger partial charge in [-0.05, 0) is 37.8 Å². The van der Waals surface area contributed by atoms with Gasteiger partial charge < -0.3 is 0 Å². The van der Waals surface area contributed by atoms with Crippen LogP contribution in [0.25, 0.3) is 6.08 Å². The van der Waals surface area contributed by atoms with Gasteiger partial charge in [0.15, 0.2) is 0 Å². The molecule has 1 aliphatic carbocycles. The molecule has 1 saturated carbocycles. The molecule has 0 atom stereocenters. The van der Waals surface area contributed by atoms with E-state index in [1.165, 1.54) is 24.8 Å². The van der Waals surface area contributed by atoms with Crippen LogP contribution in [0.15, 0.2) is 23.9 Å². The highest BCUT2D eigenvalue weighted by atomic mass is 14.7. The number of hydrogen-bond donors (Lipinski definition) is 0. The molecule has 1 nitrogen and oxygen atoms in total. The lowest BCUT2D eigenvalue weighted by Crippen LogP contribution is -1.96. The number of hydrogen-bond acceptors (Lipinski definition) is 1. The van der Waals surface area contributed by atoms with Crippen LogP contribution in [-0.2, 0) is 0 Å². The molecule has 1 heterocycles. The van der Waals surface area contributed by atoms with E-state index in [0.29, 0.717) is 0 Å². The number of rotatable bonds is 1. The summed E-state index contributed by atoms with van der Waals surface area (Å²) in [6, 6.07) is 4.13. The molecule has 0 N–H and O–H groups in total. The van der Waals surface area contributed by atoms with E-state index < -0.39 is 0 Å². The summed E-state index contributed by atoms with van der Waals surface area (Å²) in [7, 11) is 0. The Balaban J connectivity index is 2.27. The average molecular weight is 159 g/mol. The van der Waals surface area contributed by atoms with Gasteiger partial charge in [-0.15, -0.1) is 0 Å². The van der Waals surface area contributed by atoms with Gasteiger partial charge in [0.25, 0.3) is 0 Å². The largest absolute Gasteiger partial charge is 0.261 e. The predicted molar refractivity (Wildman–Crippen MR) is 50.8 cm³/mol. The van der Waals surface area contributed by atoms with Crippen LogP contribution in [-0.4, -0.2) is 4.98 Å². The van der Waals surface area contributed by atoms with Crippen molar-refractivity contribution < 1.29 is 0 Å². The topological polar surface area (TPSA) is 12.9 Å². The highest BCUT2D eigenvalue weighted by Crippen LogP contribution is 2.27. The molecule has 62 valence electrons. The zero-order chi connectivity index (χ0) is 8.39. The molecule has 1 aromatic heterocycles. The van der Waals surface area contributed by atoms with Crippen molar-refractivity contribution in [1.29, 1.82) is 0 Å². The molecule has 0 saturated heterocycles. The third-order valence-corrected chi connectivity index (χ3v) is 2.40. The number of aromatic nitrogens is 1. The van der Waals surface area contributed by atoms with E-state index in [9.17, 15) is 0 Å². The van der Waals surface area contributed by atoms with Gasteiger partial charge >= 0.3 is 0 Å². The molecular formula is C11H13N. The molecule has 1 fully saturated rings. The predicted octanol–water partition coefficient (Wildman–Crippen LogP) is 2.96. The summed E-state index contributed by atoms with van der Waals surface area (Å²) < 4.78 is 0. The van der Waals surface area contributed by atoms with Gasteiger partial charge in [-0.2, -0.15) is 0 Å². The number of nitrogens with zero attached hydrogens (tertiary/aromatic N) is 1. The Morgan fingerprint density at radius 2 is 2.25 bits per heavy atom. The Morgan fingerprint density at radius 1 is 1.42 bits per heavy atom. The van der Waals surface area contributed by atoms with E-state index in [1.807, 2.05) is 12.3 Å². The normalized spacial score (nSPS) is 15.6. The maximum Gasteiger partial charge on any atom is 0.0444 e. The molecule has 1 aliphatic rings. The molecule has 0 aliphatic heterocycles. The van der Waals surface area contributed by atoms with Crippen molar-refractivity contribution in [3.05, 3.63) is 35.2 Å². The summed E-state index contributed by atoms with van der Waals surface area (Å²) in [6.45, 7) is 2.06. The van der Waals surface area contributed by atoms with Crippen LogP contribution in [0.3, 0.4) is 0 Å². The van der Waals surface area contributed by atoms with Crippen LogP contribution in [0.2, 0.25) is 0 Å². The smallest absolute Gasteiger partial charge is 0.0444 e. The maximum absolute atomic E-state index is 4.25. The van der Waals surface area contributed by atoms with E-state index in [1.54, 1.807) is 5.57 Å². The number of pyridine rings is 1. The lowest BCUT2D eigenvalue weighted by atomic mass is 9.90. The molecule has 0 aromatic carbocycles. The summed E-state index contributed by atoms with van der Waals surface area (Å²) in [4.78, 5) is 4.25. The minimum absolute atomic E-state index is 1.14. The van der Waals surface area contributed by atoms with Crippen LogP contribution < -0.4 is 0 Å². The molecule has 1 aromatic rings. The summed E-state index contributed by atoms with van der Waals surface area (Å²) in [5.74, 6) is 0. The summed E-state index contributed by atoms with van der Waals surface area (Å²) in [5.41, 5.74) is 4.00. The van der Waals surface area contributed by atoms with E-state index in [4.69, 9.17) is 0 Å². The summed E-state index contributed by atoms with van der Waals surface area (Å²) >= 11 is 0. The van der Waals surface area contributed by atoms with Gasteiger partial charge in [0.2, 0.25) is 0 Å². The van der Waals surface area contributed by atoms with Crippen LogP contribution >= 0.6 is 0 Å². The first-order valence-corrected chi connectivity index (χ1v) is 4.47. The fourth-order valence-electron chi connectivity index (χ4n) is 1.39. The molecule has 0 radical (unpaired) electrons. The van der Waals surface area contributed by atoms with E-state index in [0.717, 1.165) is 5.69 Å². The second-order valence-electron chi connectivity index (χ2n) is 3.33. The van der Waals surface area contributed by atoms with E-state index in [2.05, 4.69) is 24.1 Å². The van der Waals surface area contributed by atoms with Crippen LogP contribution in [0.5, 0.6) is 0 Å². The highest BCUT2D eigenvalue weighted by Gasteiger charge is 2.08. The van der Waals surface area contributed by atoms with Crippen molar-refractivity contribution in [3.8, 4) is 0 Å². The molecule has 0 bridgehead atoms. The average Bonchev–Trinajstić information content (AvgIpc) is 2.00. The van der Waals surface area contributed by atoms with Crippen molar-refractivity contribution >= 4 is 6.08 Å². The molecule has 1 heteroatoms. The second kappa shape index (κ2) is 3.10. The van der Waals surface area contributed by atoms with Gasteiger partial charge in [-0.1, -0.05) is 17.7 Å². The number of aryl methyl sites for hydroxylation is 1. The summed E-state index contributed by atoms with van der Waals surface area (Å²) in [6.07, 6.45) is 8.07. The zero-order valence-corrected chi connectivity index (χ0v) is 7.38. The minimum Gasteiger partial charge on any atom is -0.261 e. The third kappa shape index (κ3) is 1.40. The molecule has 0 amide bonds. The Labute approximate surface area is 73.1 Å². The molecule has 12 heavy (non-hydrogen) atoms. The van der Waals surface area contributed by atoms with E-state index >= 15 is 0 Å². The van der Waals surface area contributed by atoms with Gasteiger partial charge in [-0.25, -0.2) is 0 Å². The lowest BCUT2D eigenvalue weighted by Gasteiger charge is -2.16.